The van der Waals surface area contributed by atoms with Crippen molar-refractivity contribution in [1.82, 2.24) is 10.3 Å². The van der Waals surface area contributed by atoms with Gasteiger partial charge in [-0.15, -0.1) is 11.3 Å². The van der Waals surface area contributed by atoms with Gasteiger partial charge in [0.2, 0.25) is 5.91 Å². The minimum Gasteiger partial charge on any atom is -0.368 e. The molecule has 6 heteroatoms. The molecule has 1 fully saturated rings. The molecule has 4 nitrogen and oxygen atoms in total. The number of carbonyl (C=O) groups excluding carboxylic acids is 1. The number of aromatic nitrogens is 1. The second kappa shape index (κ2) is 4.96. The van der Waals surface area contributed by atoms with Crippen molar-refractivity contribution in [3.63, 3.8) is 0 Å². The van der Waals surface area contributed by atoms with Gasteiger partial charge in [0, 0.05) is 16.8 Å². The first-order valence-electron chi connectivity index (χ1n) is 5.62. The zero-order valence-electron chi connectivity index (χ0n) is 10.0. The first-order valence-corrected chi connectivity index (χ1v) is 7.49. The summed E-state index contributed by atoms with van der Waals surface area (Å²) in [4.78, 5) is 16.1. The lowest BCUT2D eigenvalue weighted by Crippen LogP contribution is -2.57. The maximum atomic E-state index is 11.7. The van der Waals surface area contributed by atoms with Crippen molar-refractivity contribution in [3.8, 4) is 0 Å². The number of primary amides is 1. The minimum atomic E-state index is -0.565. The van der Waals surface area contributed by atoms with Gasteiger partial charge in [-0.1, -0.05) is 11.8 Å². The smallest absolute Gasteiger partial charge is 0.238 e. The number of nitrogens with zero attached hydrogens (tertiary/aromatic N) is 1. The van der Waals surface area contributed by atoms with E-state index in [0.29, 0.717) is 11.7 Å². The number of rotatable bonds is 6. The van der Waals surface area contributed by atoms with Crippen molar-refractivity contribution in [2.75, 3.05) is 12.8 Å². The first-order chi connectivity index (χ1) is 8.08. The summed E-state index contributed by atoms with van der Waals surface area (Å²) in [6.45, 7) is 1.97. The Morgan fingerprint density at radius 2 is 2.47 bits per heavy atom. The fourth-order valence-electron chi connectivity index (χ4n) is 1.94. The number of hydrogen-bond acceptors (Lipinski definition) is 5. The van der Waals surface area contributed by atoms with Crippen LogP contribution in [0.1, 0.15) is 18.5 Å². The number of thiazole rings is 1. The SMILES string of the molecule is CNC(CSc1nc(C)cs1)(C(N)=O)C1CC1. The number of carbonyl (C=O) groups is 1. The Morgan fingerprint density at radius 1 is 1.76 bits per heavy atom. The minimum absolute atomic E-state index is 0.247. The number of hydrogen-bond donors (Lipinski definition) is 2. The Labute approximate surface area is 109 Å². The van der Waals surface area contributed by atoms with E-state index in [0.717, 1.165) is 22.9 Å². The molecule has 0 aromatic carbocycles. The van der Waals surface area contributed by atoms with E-state index in [1.54, 1.807) is 23.1 Å². The number of amides is 1. The van der Waals surface area contributed by atoms with Crippen LogP contribution in [0.3, 0.4) is 0 Å². The van der Waals surface area contributed by atoms with Gasteiger partial charge in [0.25, 0.3) is 0 Å². The van der Waals surface area contributed by atoms with E-state index in [1.165, 1.54) is 0 Å². The number of nitrogens with two attached hydrogens (primary N) is 1. The maximum Gasteiger partial charge on any atom is 0.238 e. The molecule has 0 spiro atoms. The van der Waals surface area contributed by atoms with Crippen LogP contribution in [0.2, 0.25) is 0 Å². The summed E-state index contributed by atoms with van der Waals surface area (Å²) in [7, 11) is 1.82. The predicted molar refractivity (Wildman–Crippen MR) is 71.3 cm³/mol. The standard InChI is InChI=1S/C11H17N3OS2/c1-7-5-16-10(14-7)17-6-11(13-2,9(12)15)8-3-4-8/h5,8,13H,3-4,6H2,1-2H3,(H2,12,15). The number of nitrogens with one attached hydrogen (secondary N) is 1. The molecular formula is C11H17N3OS2. The predicted octanol–water partition coefficient (Wildman–Crippen LogP) is 1.40. The lowest BCUT2D eigenvalue weighted by molar-refractivity contribution is -0.124. The molecule has 1 aliphatic carbocycles. The summed E-state index contributed by atoms with van der Waals surface area (Å²) in [5, 5.41) is 5.15. The Hall–Kier alpha value is -0.590. The zero-order chi connectivity index (χ0) is 12.5. The van der Waals surface area contributed by atoms with Crippen LogP contribution < -0.4 is 11.1 Å². The van der Waals surface area contributed by atoms with Gasteiger partial charge in [-0.3, -0.25) is 4.79 Å². The molecule has 0 aliphatic heterocycles. The van der Waals surface area contributed by atoms with Crippen molar-refractivity contribution < 1.29 is 4.79 Å². The van der Waals surface area contributed by atoms with Crippen LogP contribution in [0.5, 0.6) is 0 Å². The summed E-state index contributed by atoms with van der Waals surface area (Å²) in [5.41, 5.74) is 6.02. The third-order valence-corrected chi connectivity index (χ3v) is 5.51. The number of thioether (sulfide) groups is 1. The van der Waals surface area contributed by atoms with E-state index in [9.17, 15) is 4.79 Å². The van der Waals surface area contributed by atoms with E-state index >= 15 is 0 Å². The van der Waals surface area contributed by atoms with E-state index in [4.69, 9.17) is 5.73 Å². The lowest BCUT2D eigenvalue weighted by atomic mass is 9.95. The highest BCUT2D eigenvalue weighted by molar-refractivity contribution is 8.01. The first kappa shape index (κ1) is 12.9. The molecule has 2 rings (SSSR count). The topological polar surface area (TPSA) is 68.0 Å². The van der Waals surface area contributed by atoms with Gasteiger partial charge in [-0.05, 0) is 32.7 Å². The van der Waals surface area contributed by atoms with Crippen LogP contribution in [0.25, 0.3) is 0 Å². The van der Waals surface area contributed by atoms with Crippen LogP contribution in [-0.2, 0) is 4.79 Å². The third kappa shape index (κ3) is 2.64. The average molecular weight is 271 g/mol. The van der Waals surface area contributed by atoms with Crippen LogP contribution in [0.4, 0.5) is 0 Å². The number of likely N-dealkylation sites (N-methyl/N-ethyl adjacent to an activating group) is 1. The largest absolute Gasteiger partial charge is 0.368 e. The van der Waals surface area contributed by atoms with Crippen molar-refractivity contribution >= 4 is 29.0 Å². The molecular weight excluding hydrogens is 254 g/mol. The Balaban J connectivity index is 2.05. The summed E-state index contributed by atoms with van der Waals surface area (Å²) in [6, 6.07) is 0. The van der Waals surface area contributed by atoms with Gasteiger partial charge in [0.15, 0.2) is 0 Å². The molecule has 0 saturated heterocycles. The average Bonchev–Trinajstić information content (AvgIpc) is 3.04. The summed E-state index contributed by atoms with van der Waals surface area (Å²) >= 11 is 3.23. The molecule has 0 bridgehead atoms. The van der Waals surface area contributed by atoms with Gasteiger partial charge in [0.1, 0.15) is 9.88 Å². The van der Waals surface area contributed by atoms with E-state index in [-0.39, 0.29) is 5.91 Å². The van der Waals surface area contributed by atoms with E-state index < -0.39 is 5.54 Å². The van der Waals surface area contributed by atoms with Gasteiger partial charge < -0.3 is 11.1 Å². The molecule has 1 atom stereocenters. The van der Waals surface area contributed by atoms with Crippen molar-refractivity contribution in [2.24, 2.45) is 11.7 Å². The second-order valence-corrected chi connectivity index (χ2v) is 6.48. The second-order valence-electron chi connectivity index (χ2n) is 4.40. The fourth-order valence-corrected chi connectivity index (χ4v) is 4.14. The van der Waals surface area contributed by atoms with Crippen LogP contribution >= 0.6 is 23.1 Å². The Bertz CT molecular complexity index is 417. The van der Waals surface area contributed by atoms with Crippen molar-refractivity contribution in [1.29, 1.82) is 0 Å². The van der Waals surface area contributed by atoms with E-state index in [2.05, 4.69) is 10.3 Å². The molecule has 1 aliphatic rings. The molecule has 1 unspecified atom stereocenters. The zero-order valence-corrected chi connectivity index (χ0v) is 11.7. The fraction of sp³-hybridized carbons (Fsp3) is 0.636. The third-order valence-electron chi connectivity index (χ3n) is 3.18. The molecule has 0 radical (unpaired) electrons. The Morgan fingerprint density at radius 3 is 2.88 bits per heavy atom. The van der Waals surface area contributed by atoms with Crippen molar-refractivity contribution in [3.05, 3.63) is 11.1 Å². The Kier molecular flexibility index (Phi) is 3.75. The van der Waals surface area contributed by atoms with Gasteiger partial charge >= 0.3 is 0 Å². The highest BCUT2D eigenvalue weighted by Gasteiger charge is 2.48. The molecule has 1 saturated carbocycles. The molecule has 3 N–H and O–H groups in total. The van der Waals surface area contributed by atoms with Gasteiger partial charge in [-0.2, -0.15) is 0 Å². The van der Waals surface area contributed by atoms with E-state index in [1.807, 2.05) is 19.4 Å². The molecule has 1 amide bonds. The summed E-state index contributed by atoms with van der Waals surface area (Å²) < 4.78 is 1.00. The van der Waals surface area contributed by atoms with Crippen LogP contribution in [0, 0.1) is 12.8 Å². The number of aryl methyl sites for hydroxylation is 1. The van der Waals surface area contributed by atoms with Gasteiger partial charge in [0.05, 0.1) is 0 Å². The molecule has 1 aromatic rings. The molecule has 94 valence electrons. The maximum absolute atomic E-state index is 11.7. The quantitative estimate of drug-likeness (QED) is 0.767. The highest BCUT2D eigenvalue weighted by Crippen LogP contribution is 2.42. The monoisotopic (exact) mass is 271 g/mol. The molecule has 17 heavy (non-hydrogen) atoms. The summed E-state index contributed by atoms with van der Waals surface area (Å²) in [5.74, 6) is 0.804. The highest BCUT2D eigenvalue weighted by atomic mass is 32.2. The van der Waals surface area contributed by atoms with Crippen LogP contribution in [-0.4, -0.2) is 29.2 Å². The summed E-state index contributed by atoms with van der Waals surface area (Å²) in [6.07, 6.45) is 2.17. The van der Waals surface area contributed by atoms with Gasteiger partial charge in [-0.25, -0.2) is 4.98 Å². The molecule has 1 heterocycles. The normalized spacial score (nSPS) is 18.9. The van der Waals surface area contributed by atoms with Crippen LogP contribution in [0.15, 0.2) is 9.72 Å². The lowest BCUT2D eigenvalue weighted by Gasteiger charge is -2.29. The molecule has 1 aromatic heterocycles. The van der Waals surface area contributed by atoms with Crippen molar-refractivity contribution in [2.45, 2.75) is 29.6 Å².